The van der Waals surface area contributed by atoms with Crippen LogP contribution >= 0.6 is 0 Å². The number of ether oxygens (including phenoxy) is 1. The number of aryl methyl sites for hydroxylation is 1. The first kappa shape index (κ1) is 18.8. The van der Waals surface area contributed by atoms with Gasteiger partial charge in [-0.2, -0.15) is 5.10 Å². The van der Waals surface area contributed by atoms with Crippen molar-refractivity contribution < 1.29 is 14.3 Å². The lowest BCUT2D eigenvalue weighted by molar-refractivity contribution is -0.140. The van der Waals surface area contributed by atoms with E-state index in [9.17, 15) is 9.59 Å². The van der Waals surface area contributed by atoms with Crippen molar-refractivity contribution in [1.29, 1.82) is 0 Å². The fraction of sp³-hybridized carbons (Fsp3) is 0.500. The molecule has 1 atom stereocenters. The summed E-state index contributed by atoms with van der Waals surface area (Å²) in [6.45, 7) is 8.07. The molecule has 0 aliphatic carbocycles. The number of esters is 1. The van der Waals surface area contributed by atoms with Gasteiger partial charge in [-0.3, -0.25) is 9.59 Å². The van der Waals surface area contributed by atoms with E-state index in [1.807, 2.05) is 25.5 Å². The Labute approximate surface area is 157 Å². The van der Waals surface area contributed by atoms with Crippen LogP contribution in [-0.2, 0) is 14.3 Å². The van der Waals surface area contributed by atoms with E-state index in [0.717, 1.165) is 22.6 Å². The summed E-state index contributed by atoms with van der Waals surface area (Å²) >= 11 is 0. The zero-order chi connectivity index (χ0) is 19.6. The molecule has 3 heterocycles. The molecule has 0 unspecified atom stereocenters. The van der Waals surface area contributed by atoms with Crippen molar-refractivity contribution in [2.45, 2.75) is 46.1 Å². The van der Waals surface area contributed by atoms with Crippen LogP contribution in [0.25, 0.3) is 0 Å². The molecular weight excluding hydrogens is 348 g/mol. The van der Waals surface area contributed by atoms with E-state index in [1.165, 1.54) is 0 Å². The molecule has 1 aliphatic rings. The van der Waals surface area contributed by atoms with Crippen molar-refractivity contribution in [2.24, 2.45) is 0 Å². The second-order valence-electron chi connectivity index (χ2n) is 6.69. The van der Waals surface area contributed by atoms with Gasteiger partial charge in [0.2, 0.25) is 11.9 Å². The Morgan fingerprint density at radius 1 is 1.41 bits per heavy atom. The second-order valence-corrected chi connectivity index (χ2v) is 6.69. The van der Waals surface area contributed by atoms with Gasteiger partial charge in [0.15, 0.2) is 0 Å². The van der Waals surface area contributed by atoms with Crippen molar-refractivity contribution >= 4 is 23.6 Å². The number of nitrogens with one attached hydrogen (secondary N) is 2. The van der Waals surface area contributed by atoms with Crippen LogP contribution in [0.5, 0.6) is 0 Å². The molecule has 1 amide bonds. The minimum Gasteiger partial charge on any atom is -0.465 e. The lowest BCUT2D eigenvalue weighted by Gasteiger charge is -2.24. The SMILES string of the molecule is CCOC(=O)CNc1ncc([C@@H]2CC(=O)Nc3c2c(C)nn3C(C)C)cn1. The lowest BCUT2D eigenvalue weighted by Crippen LogP contribution is -2.25. The van der Waals surface area contributed by atoms with Crippen LogP contribution in [0.2, 0.25) is 0 Å². The van der Waals surface area contributed by atoms with E-state index in [4.69, 9.17) is 4.74 Å². The van der Waals surface area contributed by atoms with Gasteiger partial charge in [-0.1, -0.05) is 0 Å². The lowest BCUT2D eigenvalue weighted by atomic mass is 9.87. The van der Waals surface area contributed by atoms with Gasteiger partial charge >= 0.3 is 5.97 Å². The molecule has 0 saturated heterocycles. The molecule has 2 N–H and O–H groups in total. The predicted octanol–water partition coefficient (Wildman–Crippen LogP) is 2.01. The highest BCUT2D eigenvalue weighted by molar-refractivity contribution is 5.94. The molecule has 0 fully saturated rings. The van der Waals surface area contributed by atoms with Crippen molar-refractivity contribution in [3.05, 3.63) is 29.2 Å². The first-order valence-corrected chi connectivity index (χ1v) is 9.01. The summed E-state index contributed by atoms with van der Waals surface area (Å²) in [4.78, 5) is 32.2. The number of carbonyl (C=O) groups excluding carboxylic acids is 2. The third kappa shape index (κ3) is 3.91. The molecule has 0 bridgehead atoms. The largest absolute Gasteiger partial charge is 0.465 e. The third-order valence-electron chi connectivity index (χ3n) is 4.39. The summed E-state index contributed by atoms with van der Waals surface area (Å²) in [7, 11) is 0. The zero-order valence-corrected chi connectivity index (χ0v) is 15.9. The summed E-state index contributed by atoms with van der Waals surface area (Å²) in [5.41, 5.74) is 2.71. The standard InChI is InChI=1S/C18H24N6O3/c1-5-27-15(26)9-21-18-19-7-12(8-20-18)13-6-14(25)22-17-16(13)11(4)23-24(17)10(2)3/h7-8,10,13H,5-6,9H2,1-4H3,(H,22,25)(H,19,20,21)/t13-/m0/s1. The topological polar surface area (TPSA) is 111 Å². The third-order valence-corrected chi connectivity index (χ3v) is 4.39. The summed E-state index contributed by atoms with van der Waals surface area (Å²) in [6, 6.07) is 0.136. The van der Waals surface area contributed by atoms with E-state index >= 15 is 0 Å². The number of rotatable bonds is 6. The number of fused-ring (bicyclic) bond motifs is 1. The van der Waals surface area contributed by atoms with E-state index in [-0.39, 0.29) is 30.4 Å². The van der Waals surface area contributed by atoms with Gasteiger partial charge in [-0.15, -0.1) is 0 Å². The molecule has 2 aromatic heterocycles. The molecule has 0 radical (unpaired) electrons. The Kier molecular flexibility index (Phi) is 5.38. The average Bonchev–Trinajstić information content (AvgIpc) is 2.97. The number of anilines is 2. The summed E-state index contributed by atoms with van der Waals surface area (Å²) in [6.07, 6.45) is 3.68. The Morgan fingerprint density at radius 3 is 2.74 bits per heavy atom. The van der Waals surface area contributed by atoms with Gasteiger partial charge in [-0.05, 0) is 33.3 Å². The minimum absolute atomic E-state index is 0.00341. The van der Waals surface area contributed by atoms with Crippen LogP contribution in [0.3, 0.4) is 0 Å². The predicted molar refractivity (Wildman–Crippen MR) is 99.6 cm³/mol. The van der Waals surface area contributed by atoms with Crippen LogP contribution in [0.15, 0.2) is 12.4 Å². The summed E-state index contributed by atoms with van der Waals surface area (Å²) in [5.74, 6) is 0.504. The van der Waals surface area contributed by atoms with Gasteiger partial charge in [0, 0.05) is 36.3 Å². The van der Waals surface area contributed by atoms with E-state index in [2.05, 4.69) is 25.7 Å². The molecule has 144 valence electrons. The maximum absolute atomic E-state index is 12.2. The fourth-order valence-electron chi connectivity index (χ4n) is 3.20. The summed E-state index contributed by atoms with van der Waals surface area (Å²) < 4.78 is 6.70. The maximum Gasteiger partial charge on any atom is 0.325 e. The van der Waals surface area contributed by atoms with Crippen LogP contribution < -0.4 is 10.6 Å². The Balaban J connectivity index is 1.83. The van der Waals surface area contributed by atoms with Gasteiger partial charge in [-0.25, -0.2) is 14.6 Å². The monoisotopic (exact) mass is 372 g/mol. The normalized spacial score (nSPS) is 16.0. The molecule has 0 saturated carbocycles. The number of hydrogen-bond donors (Lipinski definition) is 2. The molecular formula is C18H24N6O3. The number of carbonyl (C=O) groups is 2. The number of amides is 1. The number of aromatic nitrogens is 4. The Bertz CT molecular complexity index is 844. The Hall–Kier alpha value is -2.97. The average molecular weight is 372 g/mol. The summed E-state index contributed by atoms with van der Waals surface area (Å²) in [5, 5.41) is 10.4. The van der Waals surface area contributed by atoms with Crippen LogP contribution in [0.1, 0.15) is 56.0 Å². The van der Waals surface area contributed by atoms with E-state index in [0.29, 0.717) is 19.0 Å². The van der Waals surface area contributed by atoms with Crippen LogP contribution in [-0.4, -0.2) is 44.8 Å². The molecule has 0 aromatic carbocycles. The molecule has 1 aliphatic heterocycles. The molecule has 27 heavy (non-hydrogen) atoms. The van der Waals surface area contributed by atoms with E-state index in [1.54, 1.807) is 19.3 Å². The van der Waals surface area contributed by atoms with Crippen molar-refractivity contribution in [1.82, 2.24) is 19.7 Å². The second kappa shape index (κ2) is 7.73. The molecule has 9 nitrogen and oxygen atoms in total. The van der Waals surface area contributed by atoms with Crippen molar-refractivity contribution in [3.8, 4) is 0 Å². The van der Waals surface area contributed by atoms with Gasteiger partial charge in [0.25, 0.3) is 0 Å². The fourth-order valence-corrected chi connectivity index (χ4v) is 3.20. The van der Waals surface area contributed by atoms with Crippen LogP contribution in [0.4, 0.5) is 11.8 Å². The Morgan fingerprint density at radius 2 is 2.11 bits per heavy atom. The van der Waals surface area contributed by atoms with Gasteiger partial charge < -0.3 is 15.4 Å². The first-order valence-electron chi connectivity index (χ1n) is 9.01. The van der Waals surface area contributed by atoms with Crippen LogP contribution in [0, 0.1) is 6.92 Å². The first-order chi connectivity index (χ1) is 12.9. The quantitative estimate of drug-likeness (QED) is 0.746. The van der Waals surface area contributed by atoms with Crippen molar-refractivity contribution in [2.75, 3.05) is 23.8 Å². The molecule has 0 spiro atoms. The number of nitrogens with zero attached hydrogens (tertiary/aromatic N) is 4. The van der Waals surface area contributed by atoms with E-state index < -0.39 is 0 Å². The highest BCUT2D eigenvalue weighted by atomic mass is 16.5. The van der Waals surface area contributed by atoms with Gasteiger partial charge in [0.1, 0.15) is 12.4 Å². The molecule has 2 aromatic rings. The number of hydrogen-bond acceptors (Lipinski definition) is 7. The van der Waals surface area contributed by atoms with Gasteiger partial charge in [0.05, 0.1) is 12.3 Å². The smallest absolute Gasteiger partial charge is 0.325 e. The molecule has 3 rings (SSSR count). The highest BCUT2D eigenvalue weighted by Crippen LogP contribution is 2.39. The molecule has 9 heteroatoms. The van der Waals surface area contributed by atoms with Crippen molar-refractivity contribution in [3.63, 3.8) is 0 Å². The maximum atomic E-state index is 12.2. The highest BCUT2D eigenvalue weighted by Gasteiger charge is 2.33. The zero-order valence-electron chi connectivity index (χ0n) is 15.9. The minimum atomic E-state index is -0.365.